The molecule has 1 saturated carbocycles. The van der Waals surface area contributed by atoms with Gasteiger partial charge < -0.3 is 9.47 Å². The Balaban J connectivity index is 1.84. The third-order valence-electron chi connectivity index (χ3n) is 6.63. The fourth-order valence-corrected chi connectivity index (χ4v) is 5.72. The zero-order chi connectivity index (χ0) is 17.5. The lowest BCUT2D eigenvalue weighted by Gasteiger charge is -2.62. The fourth-order valence-electron chi connectivity index (χ4n) is 5.23. The molecule has 0 N–H and O–H groups in total. The van der Waals surface area contributed by atoms with E-state index < -0.39 is 34.3 Å². The molecule has 0 aromatic carbocycles. The fraction of sp³-hybridized carbons (Fsp3) is 1.00. The summed E-state index contributed by atoms with van der Waals surface area (Å²) < 4.78 is 50.4. The van der Waals surface area contributed by atoms with E-state index in [4.69, 9.17) is 19.2 Å². The second kappa shape index (κ2) is 5.09. The van der Waals surface area contributed by atoms with Crippen LogP contribution in [-0.4, -0.2) is 28.4 Å². The smallest absolute Gasteiger partial charge is 0.322 e. The van der Waals surface area contributed by atoms with Crippen LogP contribution in [0.3, 0.4) is 0 Å². The lowest BCUT2D eigenvalue weighted by atomic mass is 9.57. The zero-order valence-electron chi connectivity index (χ0n) is 13.9. The highest BCUT2D eigenvalue weighted by Gasteiger charge is 2.75. The second-order valence-electron chi connectivity index (χ2n) is 7.96. The van der Waals surface area contributed by atoms with Gasteiger partial charge in [-0.05, 0) is 54.0 Å². The molecule has 8 heteroatoms. The minimum atomic E-state index is -4.55. The lowest BCUT2D eigenvalue weighted by molar-refractivity contribution is -0.577. The normalized spacial score (nSPS) is 57.4. The average molecular weight is 415 g/mol. The van der Waals surface area contributed by atoms with Gasteiger partial charge in [-0.25, -0.2) is 9.78 Å². The van der Waals surface area contributed by atoms with E-state index in [-0.39, 0.29) is 11.8 Å². The maximum atomic E-state index is 13.8. The van der Waals surface area contributed by atoms with E-state index >= 15 is 0 Å². The van der Waals surface area contributed by atoms with Crippen LogP contribution < -0.4 is 0 Å². The summed E-state index contributed by atoms with van der Waals surface area (Å²) in [4.78, 5) is 11.4. The Labute approximate surface area is 147 Å². The monoisotopic (exact) mass is 414 g/mol. The molecule has 1 aliphatic carbocycles. The molecule has 2 bridgehead atoms. The SMILES string of the molecule is C[C@@H]1CC[C@H]2[C@@H](C)[C@](Br)(C(F)(F)F)O[C@@H]3O[C@@]4(C)CC[C@@H]1[C@]32OO4. The highest BCUT2D eigenvalue weighted by Crippen LogP contribution is 2.65. The number of alkyl halides is 4. The van der Waals surface area contributed by atoms with Gasteiger partial charge in [0.25, 0.3) is 0 Å². The van der Waals surface area contributed by atoms with Gasteiger partial charge in [-0.2, -0.15) is 13.2 Å². The van der Waals surface area contributed by atoms with E-state index in [1.54, 1.807) is 13.8 Å². The Kier molecular flexibility index (Phi) is 3.72. The van der Waals surface area contributed by atoms with Crippen molar-refractivity contribution in [2.24, 2.45) is 23.7 Å². The molecule has 24 heavy (non-hydrogen) atoms. The van der Waals surface area contributed by atoms with Crippen LogP contribution in [-0.2, 0) is 19.2 Å². The van der Waals surface area contributed by atoms with Crippen molar-refractivity contribution in [3.05, 3.63) is 0 Å². The molecule has 4 aliphatic heterocycles. The number of rotatable bonds is 0. The first-order valence-electron chi connectivity index (χ1n) is 8.51. The quantitative estimate of drug-likeness (QED) is 0.431. The molecule has 4 nitrogen and oxygen atoms in total. The van der Waals surface area contributed by atoms with Gasteiger partial charge in [0.05, 0.1) is 0 Å². The molecular weight excluding hydrogens is 393 g/mol. The van der Waals surface area contributed by atoms with Crippen LogP contribution in [0.25, 0.3) is 0 Å². The molecule has 0 amide bonds. The molecule has 0 radical (unpaired) electrons. The number of hydrogen-bond donors (Lipinski definition) is 0. The van der Waals surface area contributed by atoms with Crippen molar-refractivity contribution in [3.8, 4) is 0 Å². The van der Waals surface area contributed by atoms with Crippen molar-refractivity contribution < 1.29 is 32.4 Å². The van der Waals surface area contributed by atoms with E-state index in [0.29, 0.717) is 18.8 Å². The van der Waals surface area contributed by atoms with Crippen molar-refractivity contribution in [3.63, 3.8) is 0 Å². The number of ether oxygens (including phenoxy) is 2. The summed E-state index contributed by atoms with van der Waals surface area (Å²) >= 11 is 2.87. The average Bonchev–Trinajstić information content (AvgIpc) is 2.70. The number of halogens is 4. The molecule has 0 aromatic rings. The first kappa shape index (κ1) is 17.5. The zero-order valence-corrected chi connectivity index (χ0v) is 15.4. The highest BCUT2D eigenvalue weighted by molar-refractivity contribution is 9.10. The summed E-state index contributed by atoms with van der Waals surface area (Å²) in [5.74, 6) is -1.88. The minimum absolute atomic E-state index is 0.0540. The maximum absolute atomic E-state index is 13.8. The van der Waals surface area contributed by atoms with Crippen LogP contribution in [0.5, 0.6) is 0 Å². The van der Waals surface area contributed by atoms with Crippen LogP contribution in [0.1, 0.15) is 46.5 Å². The molecule has 0 unspecified atom stereocenters. The van der Waals surface area contributed by atoms with Gasteiger partial charge in [0.15, 0.2) is 11.9 Å². The number of fused-ring (bicyclic) bond motifs is 2. The Morgan fingerprint density at radius 3 is 2.38 bits per heavy atom. The van der Waals surface area contributed by atoms with Crippen molar-refractivity contribution >= 4 is 15.9 Å². The van der Waals surface area contributed by atoms with Crippen LogP contribution in [0, 0.1) is 23.7 Å². The first-order valence-corrected chi connectivity index (χ1v) is 9.31. The van der Waals surface area contributed by atoms with E-state index in [9.17, 15) is 13.2 Å². The topological polar surface area (TPSA) is 36.9 Å². The van der Waals surface area contributed by atoms with Crippen LogP contribution in [0.2, 0.25) is 0 Å². The minimum Gasteiger partial charge on any atom is -0.322 e. The van der Waals surface area contributed by atoms with Gasteiger partial charge in [-0.15, -0.1) is 0 Å². The molecule has 4 heterocycles. The van der Waals surface area contributed by atoms with E-state index in [1.165, 1.54) is 0 Å². The van der Waals surface area contributed by atoms with Gasteiger partial charge in [0.1, 0.15) is 0 Å². The molecule has 5 aliphatic rings. The highest BCUT2D eigenvalue weighted by atomic mass is 79.9. The van der Waals surface area contributed by atoms with Gasteiger partial charge in [0, 0.05) is 18.3 Å². The van der Waals surface area contributed by atoms with Crippen molar-refractivity contribution in [2.75, 3.05) is 0 Å². The van der Waals surface area contributed by atoms with Gasteiger partial charge in [-0.1, -0.05) is 13.8 Å². The van der Waals surface area contributed by atoms with Gasteiger partial charge in [0.2, 0.25) is 10.3 Å². The second-order valence-corrected chi connectivity index (χ2v) is 9.14. The summed E-state index contributed by atoms with van der Waals surface area (Å²) in [5, 5.41) is 0. The third-order valence-corrected chi connectivity index (χ3v) is 7.99. The van der Waals surface area contributed by atoms with Crippen molar-refractivity contribution in [1.82, 2.24) is 0 Å². The van der Waals surface area contributed by atoms with Crippen LogP contribution in [0.15, 0.2) is 0 Å². The predicted octanol–water partition coefficient (Wildman–Crippen LogP) is 4.52. The molecule has 5 rings (SSSR count). The molecule has 4 saturated heterocycles. The maximum Gasteiger partial charge on any atom is 0.427 e. The van der Waals surface area contributed by atoms with E-state index in [1.807, 2.05) is 0 Å². The molecule has 0 aromatic heterocycles. The van der Waals surface area contributed by atoms with E-state index in [0.717, 1.165) is 12.8 Å². The molecule has 8 atom stereocenters. The first-order chi connectivity index (χ1) is 11.0. The van der Waals surface area contributed by atoms with Crippen molar-refractivity contribution in [2.45, 2.75) is 74.8 Å². The molecular formula is C16H22BrF3O4. The third kappa shape index (κ3) is 2.06. The largest absolute Gasteiger partial charge is 0.427 e. The Bertz CT molecular complexity index is 546. The molecule has 138 valence electrons. The van der Waals surface area contributed by atoms with Crippen LogP contribution >= 0.6 is 15.9 Å². The van der Waals surface area contributed by atoms with Crippen molar-refractivity contribution in [1.29, 1.82) is 0 Å². The Morgan fingerprint density at radius 1 is 1.00 bits per heavy atom. The van der Waals surface area contributed by atoms with Crippen LogP contribution in [0.4, 0.5) is 13.2 Å². The van der Waals surface area contributed by atoms with Gasteiger partial charge >= 0.3 is 6.18 Å². The summed E-state index contributed by atoms with van der Waals surface area (Å²) in [6.07, 6.45) is -2.79. The number of hydrogen-bond acceptors (Lipinski definition) is 4. The van der Waals surface area contributed by atoms with E-state index in [2.05, 4.69) is 22.9 Å². The Hall–Kier alpha value is 0.110. The molecule has 1 spiro atoms. The summed E-state index contributed by atoms with van der Waals surface area (Å²) in [7, 11) is 0. The lowest BCUT2D eigenvalue weighted by Crippen LogP contribution is -2.74. The predicted molar refractivity (Wildman–Crippen MR) is 80.8 cm³/mol. The summed E-state index contributed by atoms with van der Waals surface area (Å²) in [6, 6.07) is 0. The summed E-state index contributed by atoms with van der Waals surface area (Å²) in [6.45, 7) is 5.40. The summed E-state index contributed by atoms with van der Waals surface area (Å²) in [5.41, 5.74) is -0.977. The Morgan fingerprint density at radius 2 is 1.71 bits per heavy atom. The van der Waals surface area contributed by atoms with Gasteiger partial charge in [-0.3, -0.25) is 0 Å². The molecule has 5 fully saturated rings. The standard InChI is InChI=1S/C16H22BrF3O4/c1-8-4-5-11-9(2)15(17,16(18,19)20)22-12-14(11)10(8)6-7-13(3,21-12)23-24-14/h8-12H,4-7H2,1-3H3/t8-,9-,10+,11+,12+,13-,14-,15-/m1/s1.